The lowest BCUT2D eigenvalue weighted by atomic mass is 10.3. The molecule has 10 heavy (non-hydrogen) atoms. The van der Waals surface area contributed by atoms with E-state index in [0.717, 1.165) is 13.1 Å². The van der Waals surface area contributed by atoms with Gasteiger partial charge in [0.05, 0.1) is 0 Å². The van der Waals surface area contributed by atoms with Crippen LogP contribution >= 0.6 is 0 Å². The van der Waals surface area contributed by atoms with Crippen LogP contribution in [0, 0.1) is 0 Å². The monoisotopic (exact) mass is 141 g/mol. The van der Waals surface area contributed by atoms with Gasteiger partial charge < -0.3 is 5.32 Å². The highest BCUT2D eigenvalue weighted by molar-refractivity contribution is 4.81. The summed E-state index contributed by atoms with van der Waals surface area (Å²) in [6, 6.07) is 0. The van der Waals surface area contributed by atoms with E-state index in [1.54, 1.807) is 0 Å². The topological polar surface area (TPSA) is 12.0 Å². The van der Waals surface area contributed by atoms with E-state index in [1.165, 1.54) is 19.3 Å². The molecule has 60 valence electrons. The van der Waals surface area contributed by atoms with E-state index in [0.29, 0.717) is 0 Å². The summed E-state index contributed by atoms with van der Waals surface area (Å²) in [5.41, 5.74) is 0. The first-order valence-electron chi connectivity index (χ1n) is 4.27. The second-order valence-electron chi connectivity index (χ2n) is 2.40. The lowest BCUT2D eigenvalue weighted by Gasteiger charge is -1.94. The van der Waals surface area contributed by atoms with E-state index in [4.69, 9.17) is 0 Å². The third-order valence-electron chi connectivity index (χ3n) is 1.36. The van der Waals surface area contributed by atoms with Crippen molar-refractivity contribution in [3.63, 3.8) is 0 Å². The van der Waals surface area contributed by atoms with E-state index in [2.05, 4.69) is 31.3 Å². The molecule has 1 nitrogen and oxygen atoms in total. The van der Waals surface area contributed by atoms with Crippen LogP contribution in [0.3, 0.4) is 0 Å². The van der Waals surface area contributed by atoms with Gasteiger partial charge in [0.1, 0.15) is 0 Å². The van der Waals surface area contributed by atoms with E-state index in [9.17, 15) is 0 Å². The van der Waals surface area contributed by atoms with Gasteiger partial charge in [-0.2, -0.15) is 0 Å². The molecule has 0 aliphatic carbocycles. The summed E-state index contributed by atoms with van der Waals surface area (Å²) in [6.07, 6.45) is 8.18. The molecule has 0 atom stereocenters. The highest BCUT2D eigenvalue weighted by atomic mass is 14.8. The van der Waals surface area contributed by atoms with Crippen molar-refractivity contribution in [1.82, 2.24) is 5.32 Å². The van der Waals surface area contributed by atoms with Gasteiger partial charge in [-0.25, -0.2) is 0 Å². The van der Waals surface area contributed by atoms with E-state index >= 15 is 0 Å². The Balaban J connectivity index is 2.88. The predicted octanol–water partition coefficient (Wildman–Crippen LogP) is 2.34. The molecule has 0 aliphatic heterocycles. The molecule has 0 heterocycles. The van der Waals surface area contributed by atoms with Crippen molar-refractivity contribution in [3.05, 3.63) is 12.2 Å². The Morgan fingerprint density at radius 3 is 2.40 bits per heavy atom. The van der Waals surface area contributed by atoms with Crippen molar-refractivity contribution >= 4 is 0 Å². The van der Waals surface area contributed by atoms with Gasteiger partial charge >= 0.3 is 0 Å². The molecule has 1 N–H and O–H groups in total. The molecule has 0 fully saturated rings. The van der Waals surface area contributed by atoms with Crippen LogP contribution in [-0.2, 0) is 0 Å². The molecule has 0 aromatic heterocycles. The number of nitrogens with one attached hydrogen (secondary N) is 1. The van der Waals surface area contributed by atoms with Gasteiger partial charge in [0, 0.05) is 0 Å². The van der Waals surface area contributed by atoms with Crippen molar-refractivity contribution in [1.29, 1.82) is 0 Å². The Hall–Kier alpha value is -0.300. The molecular weight excluding hydrogens is 122 g/mol. The highest BCUT2D eigenvalue weighted by Crippen LogP contribution is 1.89. The van der Waals surface area contributed by atoms with Crippen molar-refractivity contribution in [2.24, 2.45) is 0 Å². The van der Waals surface area contributed by atoms with Crippen LogP contribution < -0.4 is 5.32 Å². The molecule has 0 aliphatic rings. The normalized spacial score (nSPS) is 11.0. The smallest absolute Gasteiger partial charge is 0.00144 e. The van der Waals surface area contributed by atoms with Gasteiger partial charge in [-0.3, -0.25) is 0 Å². The minimum Gasteiger partial charge on any atom is -0.317 e. The van der Waals surface area contributed by atoms with E-state index in [-0.39, 0.29) is 0 Å². The number of rotatable bonds is 6. The van der Waals surface area contributed by atoms with Crippen molar-refractivity contribution in [2.45, 2.75) is 33.1 Å². The quantitative estimate of drug-likeness (QED) is 0.442. The maximum absolute atomic E-state index is 3.27. The molecule has 0 radical (unpaired) electrons. The van der Waals surface area contributed by atoms with Crippen molar-refractivity contribution < 1.29 is 0 Å². The van der Waals surface area contributed by atoms with Gasteiger partial charge in [-0.15, -0.1) is 0 Å². The maximum Gasteiger partial charge on any atom is -0.00144 e. The number of hydrogen-bond acceptors (Lipinski definition) is 1. The zero-order valence-electron chi connectivity index (χ0n) is 7.19. The number of allylic oxidation sites excluding steroid dienone is 1. The predicted molar refractivity (Wildman–Crippen MR) is 47.2 cm³/mol. The molecule has 0 saturated heterocycles. The van der Waals surface area contributed by atoms with Crippen LogP contribution in [0.15, 0.2) is 12.2 Å². The van der Waals surface area contributed by atoms with Gasteiger partial charge in [-0.05, 0) is 25.9 Å². The molecule has 0 aromatic rings. The highest BCUT2D eigenvalue weighted by Gasteiger charge is 1.78. The molecule has 1 heteroatoms. The summed E-state index contributed by atoms with van der Waals surface area (Å²) in [5.74, 6) is 0. The third-order valence-corrected chi connectivity index (χ3v) is 1.36. The van der Waals surface area contributed by atoms with E-state index < -0.39 is 0 Å². The van der Waals surface area contributed by atoms with E-state index in [1.807, 2.05) is 0 Å². The fourth-order valence-corrected chi connectivity index (χ4v) is 0.765. The van der Waals surface area contributed by atoms with Crippen LogP contribution in [0.5, 0.6) is 0 Å². The Morgan fingerprint density at radius 1 is 1.10 bits per heavy atom. The van der Waals surface area contributed by atoms with Crippen molar-refractivity contribution in [3.8, 4) is 0 Å². The van der Waals surface area contributed by atoms with Gasteiger partial charge in [0.15, 0.2) is 0 Å². The van der Waals surface area contributed by atoms with Crippen LogP contribution in [0.1, 0.15) is 33.1 Å². The Labute approximate surface area is 64.5 Å². The average molecular weight is 141 g/mol. The second kappa shape index (κ2) is 8.70. The molecule has 0 unspecified atom stereocenters. The fraction of sp³-hybridized carbons (Fsp3) is 0.778. The summed E-state index contributed by atoms with van der Waals surface area (Å²) < 4.78 is 0. The zero-order chi connectivity index (χ0) is 7.66. The van der Waals surface area contributed by atoms with Crippen LogP contribution in [-0.4, -0.2) is 13.1 Å². The summed E-state index contributed by atoms with van der Waals surface area (Å²) in [6.45, 7) is 6.54. The third kappa shape index (κ3) is 7.70. The standard InChI is InChI=1S/C9H19N/c1-3-5-6-7-8-9-10-4-2/h6-7,10H,3-5,8-9H2,1-2H3. The Bertz CT molecular complexity index is 76.8. The van der Waals surface area contributed by atoms with Gasteiger partial charge in [0.25, 0.3) is 0 Å². The summed E-state index contributed by atoms with van der Waals surface area (Å²) in [4.78, 5) is 0. The minimum atomic E-state index is 1.08. The lowest BCUT2D eigenvalue weighted by molar-refractivity contribution is 0.725. The fourth-order valence-electron chi connectivity index (χ4n) is 0.765. The second-order valence-corrected chi connectivity index (χ2v) is 2.40. The van der Waals surface area contributed by atoms with Crippen molar-refractivity contribution in [2.75, 3.05) is 13.1 Å². The molecule has 0 spiro atoms. The lowest BCUT2D eigenvalue weighted by Crippen LogP contribution is -2.12. The first kappa shape index (κ1) is 9.70. The summed E-state index contributed by atoms with van der Waals surface area (Å²) in [7, 11) is 0. The van der Waals surface area contributed by atoms with Crippen LogP contribution in [0.4, 0.5) is 0 Å². The average Bonchev–Trinajstić information content (AvgIpc) is 1.97. The van der Waals surface area contributed by atoms with Crippen LogP contribution in [0.2, 0.25) is 0 Å². The largest absolute Gasteiger partial charge is 0.317 e. The molecule has 0 saturated carbocycles. The summed E-state index contributed by atoms with van der Waals surface area (Å²) in [5, 5.41) is 3.27. The molecule has 0 bridgehead atoms. The minimum absolute atomic E-state index is 1.08. The van der Waals surface area contributed by atoms with Gasteiger partial charge in [-0.1, -0.05) is 32.4 Å². The number of hydrogen-bond donors (Lipinski definition) is 1. The first-order valence-corrected chi connectivity index (χ1v) is 4.27. The Morgan fingerprint density at radius 2 is 1.80 bits per heavy atom. The summed E-state index contributed by atoms with van der Waals surface area (Å²) >= 11 is 0. The molecular formula is C9H19N. The SMILES string of the molecule is CCCC=CCCNCC. The number of unbranched alkanes of at least 4 members (excludes halogenated alkanes) is 1. The Kier molecular flexibility index (Phi) is 8.44. The van der Waals surface area contributed by atoms with Crippen LogP contribution in [0.25, 0.3) is 0 Å². The maximum atomic E-state index is 3.27. The molecule has 0 rings (SSSR count). The molecule has 0 amide bonds. The zero-order valence-corrected chi connectivity index (χ0v) is 7.19. The molecule has 0 aromatic carbocycles. The van der Waals surface area contributed by atoms with Gasteiger partial charge in [0.2, 0.25) is 0 Å². The first-order chi connectivity index (χ1) is 4.91.